The molecule has 0 bridgehead atoms. The number of ether oxygens (including phenoxy) is 1. The number of nitrogens with zero attached hydrogens (tertiary/aromatic N) is 3. The summed E-state index contributed by atoms with van der Waals surface area (Å²) in [7, 11) is 1.58. The number of hydrogen-bond acceptors (Lipinski definition) is 5. The van der Waals surface area contributed by atoms with E-state index in [1.54, 1.807) is 37.1 Å². The number of nitrogens with one attached hydrogen (secondary N) is 2. The first-order valence-corrected chi connectivity index (χ1v) is 11.9. The molecule has 1 saturated heterocycles. The second kappa shape index (κ2) is 10.6. The Morgan fingerprint density at radius 1 is 1.23 bits per heavy atom. The lowest BCUT2D eigenvalue weighted by Gasteiger charge is -2.43. The number of urea groups is 2. The molecule has 10 heteroatoms. The molecule has 0 saturated carbocycles. The van der Waals surface area contributed by atoms with Gasteiger partial charge in [0.1, 0.15) is 5.82 Å². The summed E-state index contributed by atoms with van der Waals surface area (Å²) < 4.78 is 20.0. The van der Waals surface area contributed by atoms with Crippen molar-refractivity contribution in [1.82, 2.24) is 25.3 Å². The normalized spacial score (nSPS) is 21.6. The molecule has 1 fully saturated rings. The smallest absolute Gasteiger partial charge is 0.338 e. The van der Waals surface area contributed by atoms with Gasteiger partial charge in [-0.15, -0.1) is 0 Å². The minimum absolute atomic E-state index is 0.0807. The van der Waals surface area contributed by atoms with Gasteiger partial charge >= 0.3 is 18.0 Å². The van der Waals surface area contributed by atoms with Crippen LogP contribution in [0.1, 0.15) is 46.2 Å². The Kier molecular flexibility index (Phi) is 8.04. The second-order valence-corrected chi connectivity index (χ2v) is 10.0. The average Bonchev–Trinajstić information content (AvgIpc) is 2.76. The summed E-state index contributed by atoms with van der Waals surface area (Å²) in [6, 6.07) is 4.47. The first-order valence-electron chi connectivity index (χ1n) is 11.9. The van der Waals surface area contributed by atoms with Crippen molar-refractivity contribution in [3.8, 4) is 0 Å². The van der Waals surface area contributed by atoms with Gasteiger partial charge in [0.2, 0.25) is 0 Å². The Balaban J connectivity index is 1.90. The van der Waals surface area contributed by atoms with E-state index in [4.69, 9.17) is 4.74 Å². The molecule has 35 heavy (non-hydrogen) atoms. The van der Waals surface area contributed by atoms with Gasteiger partial charge in [-0.2, -0.15) is 0 Å². The molecule has 2 atom stereocenters. The number of amides is 4. The summed E-state index contributed by atoms with van der Waals surface area (Å²) >= 11 is 0. The van der Waals surface area contributed by atoms with Crippen LogP contribution in [-0.2, 0) is 9.53 Å². The predicted octanol–water partition coefficient (Wildman–Crippen LogP) is 2.85. The molecule has 4 amide bonds. The first-order chi connectivity index (χ1) is 16.4. The fraction of sp³-hybridized carbons (Fsp3) is 0.560. The first kappa shape index (κ1) is 26.5. The van der Waals surface area contributed by atoms with Gasteiger partial charge in [0.15, 0.2) is 0 Å². The Morgan fingerprint density at radius 3 is 2.51 bits per heavy atom. The number of likely N-dealkylation sites (N-methyl/N-ethyl adjacent to an activating group) is 1. The van der Waals surface area contributed by atoms with Gasteiger partial charge in [0, 0.05) is 56.1 Å². The van der Waals surface area contributed by atoms with Crippen molar-refractivity contribution in [1.29, 1.82) is 0 Å². The largest absolute Gasteiger partial charge is 0.463 e. The van der Waals surface area contributed by atoms with Crippen LogP contribution in [0.5, 0.6) is 0 Å². The topological polar surface area (TPSA) is 94.2 Å². The number of rotatable bonds is 5. The van der Waals surface area contributed by atoms with E-state index in [0.29, 0.717) is 25.3 Å². The highest BCUT2D eigenvalue weighted by Gasteiger charge is 2.39. The molecular formula is C25H36FN5O4. The van der Waals surface area contributed by atoms with E-state index in [2.05, 4.69) is 15.5 Å². The highest BCUT2D eigenvalue weighted by molar-refractivity contribution is 5.95. The molecule has 0 aliphatic carbocycles. The molecule has 0 radical (unpaired) electrons. The van der Waals surface area contributed by atoms with Crippen LogP contribution in [0.4, 0.5) is 14.0 Å². The minimum Gasteiger partial charge on any atom is -0.463 e. The van der Waals surface area contributed by atoms with Crippen LogP contribution in [0.3, 0.4) is 0 Å². The average molecular weight is 490 g/mol. The van der Waals surface area contributed by atoms with Crippen molar-refractivity contribution in [2.45, 2.75) is 52.2 Å². The van der Waals surface area contributed by atoms with Crippen LogP contribution in [0.15, 0.2) is 35.5 Å². The zero-order chi connectivity index (χ0) is 25.9. The predicted molar refractivity (Wildman–Crippen MR) is 130 cm³/mol. The molecule has 3 rings (SSSR count). The molecular weight excluding hydrogens is 453 g/mol. The minimum atomic E-state index is -0.967. The van der Waals surface area contributed by atoms with Crippen molar-refractivity contribution in [2.24, 2.45) is 0 Å². The standard InChI is InChI=1S/C25H36FN5O4/c1-7-35-22(32)20-19(29(6)23(33)27-21(20)17-10-8-9-11-18(17)26)15-30-12-13-31(16(2)14-30)24(34)28-25(3,4)5/h8-11,16,21H,7,12-15H2,1-6H3,(H,27,33)(H,28,34)/t16-,21+/m1/s1. The lowest BCUT2D eigenvalue weighted by Crippen LogP contribution is -2.59. The summed E-state index contributed by atoms with van der Waals surface area (Å²) in [6.45, 7) is 11.5. The SMILES string of the molecule is CCOC(=O)C1=C(CN2CCN(C(=O)NC(C)(C)C)[C@H](C)C2)N(C)C(=O)N[C@H]1c1ccccc1F. The summed E-state index contributed by atoms with van der Waals surface area (Å²) in [4.78, 5) is 43.9. The lowest BCUT2D eigenvalue weighted by atomic mass is 9.93. The maximum Gasteiger partial charge on any atom is 0.338 e. The molecule has 0 spiro atoms. The number of halogens is 1. The number of benzene rings is 1. The van der Waals surface area contributed by atoms with Crippen molar-refractivity contribution in [3.63, 3.8) is 0 Å². The third kappa shape index (κ3) is 6.11. The Bertz CT molecular complexity index is 1010. The van der Waals surface area contributed by atoms with Gasteiger partial charge in [-0.25, -0.2) is 18.8 Å². The molecule has 2 N–H and O–H groups in total. The van der Waals surface area contributed by atoms with Crippen molar-refractivity contribution >= 4 is 18.0 Å². The summed E-state index contributed by atoms with van der Waals surface area (Å²) in [5.41, 5.74) is 0.527. The monoisotopic (exact) mass is 489 g/mol. The Labute approximate surface area is 206 Å². The van der Waals surface area contributed by atoms with Crippen LogP contribution in [0.25, 0.3) is 0 Å². The highest BCUT2D eigenvalue weighted by atomic mass is 19.1. The van der Waals surface area contributed by atoms with E-state index >= 15 is 0 Å². The van der Waals surface area contributed by atoms with Gasteiger partial charge in [-0.3, -0.25) is 9.80 Å². The third-order valence-corrected chi connectivity index (χ3v) is 6.12. The van der Waals surface area contributed by atoms with Gasteiger partial charge in [-0.1, -0.05) is 18.2 Å². The van der Waals surface area contributed by atoms with Crippen LogP contribution >= 0.6 is 0 Å². The fourth-order valence-electron chi connectivity index (χ4n) is 4.42. The van der Waals surface area contributed by atoms with Gasteiger partial charge in [-0.05, 0) is 40.7 Å². The molecule has 0 aromatic heterocycles. The van der Waals surface area contributed by atoms with Crippen molar-refractivity contribution < 1.29 is 23.5 Å². The highest BCUT2D eigenvalue weighted by Crippen LogP contribution is 2.33. The Hall–Kier alpha value is -3.14. The maximum absolute atomic E-state index is 14.7. The number of piperazine rings is 1. The molecule has 2 aliphatic rings. The molecule has 9 nitrogen and oxygen atoms in total. The van der Waals surface area contributed by atoms with Crippen LogP contribution in [0, 0.1) is 5.82 Å². The number of hydrogen-bond donors (Lipinski definition) is 2. The molecule has 1 aromatic rings. The van der Waals surface area contributed by atoms with E-state index in [1.165, 1.54) is 11.0 Å². The summed E-state index contributed by atoms with van der Waals surface area (Å²) in [5.74, 6) is -1.12. The summed E-state index contributed by atoms with van der Waals surface area (Å²) in [6.07, 6.45) is 0. The maximum atomic E-state index is 14.7. The van der Waals surface area contributed by atoms with Crippen molar-refractivity contribution in [3.05, 3.63) is 46.9 Å². The van der Waals surface area contributed by atoms with Gasteiger partial charge in [0.05, 0.1) is 18.2 Å². The lowest BCUT2D eigenvalue weighted by molar-refractivity contribution is -0.139. The van der Waals surface area contributed by atoms with E-state index in [1.807, 2.05) is 27.7 Å². The Morgan fingerprint density at radius 2 is 1.91 bits per heavy atom. The van der Waals surface area contributed by atoms with Gasteiger partial charge < -0.3 is 20.3 Å². The van der Waals surface area contributed by atoms with Gasteiger partial charge in [0.25, 0.3) is 0 Å². The second-order valence-electron chi connectivity index (χ2n) is 10.0. The van der Waals surface area contributed by atoms with Crippen LogP contribution < -0.4 is 10.6 Å². The molecule has 1 aromatic carbocycles. The zero-order valence-corrected chi connectivity index (χ0v) is 21.4. The molecule has 0 unspecified atom stereocenters. The number of carbonyl (C=O) groups excluding carboxylic acids is 3. The molecule has 192 valence electrons. The van der Waals surface area contributed by atoms with E-state index in [0.717, 1.165) is 0 Å². The van der Waals surface area contributed by atoms with E-state index < -0.39 is 23.9 Å². The van der Waals surface area contributed by atoms with E-state index in [9.17, 15) is 18.8 Å². The summed E-state index contributed by atoms with van der Waals surface area (Å²) in [5, 5.41) is 5.74. The molecule has 2 aliphatic heterocycles. The molecule has 2 heterocycles. The van der Waals surface area contributed by atoms with Crippen LogP contribution in [-0.4, -0.2) is 84.1 Å². The van der Waals surface area contributed by atoms with Crippen molar-refractivity contribution in [2.75, 3.05) is 39.8 Å². The quantitative estimate of drug-likeness (QED) is 0.621. The van der Waals surface area contributed by atoms with Crippen LogP contribution in [0.2, 0.25) is 0 Å². The third-order valence-electron chi connectivity index (χ3n) is 6.12. The number of carbonyl (C=O) groups is 3. The van der Waals surface area contributed by atoms with E-state index in [-0.39, 0.29) is 41.9 Å². The fourth-order valence-corrected chi connectivity index (χ4v) is 4.42. The number of esters is 1. The zero-order valence-electron chi connectivity index (χ0n) is 21.4.